The van der Waals surface area contributed by atoms with E-state index in [9.17, 15) is 4.79 Å². The summed E-state index contributed by atoms with van der Waals surface area (Å²) < 4.78 is 5.76. The van der Waals surface area contributed by atoms with Crippen LogP contribution in [0.1, 0.15) is 19.4 Å². The van der Waals surface area contributed by atoms with Crippen LogP contribution in [0.25, 0.3) is 0 Å². The van der Waals surface area contributed by atoms with Crippen molar-refractivity contribution >= 4 is 5.91 Å². The van der Waals surface area contributed by atoms with E-state index in [0.717, 1.165) is 18.7 Å². The predicted molar refractivity (Wildman–Crippen MR) is 80.0 cm³/mol. The maximum atomic E-state index is 12.3. The standard InChI is InChI=1S/C16H23N3O2/c1-10-5-4-6-18-15(10)21-9-16(2,3)19-14(20)13-11-7-17-8-12(11)13/h4-6,11-13,17H,7-9H2,1-3H3,(H,19,20)/t11-,12+,13?. The number of carbonyl (C=O) groups is 1. The third-order valence-corrected chi connectivity index (χ3v) is 4.39. The van der Waals surface area contributed by atoms with Crippen molar-refractivity contribution in [3.8, 4) is 5.88 Å². The van der Waals surface area contributed by atoms with Crippen molar-refractivity contribution in [1.29, 1.82) is 0 Å². The largest absolute Gasteiger partial charge is 0.475 e. The SMILES string of the molecule is Cc1cccnc1OCC(C)(C)NC(=O)C1[C@H]2CNC[C@@H]12. The first kappa shape index (κ1) is 14.3. The predicted octanol–water partition coefficient (Wildman–Crippen LogP) is 1.13. The van der Waals surface area contributed by atoms with Crippen molar-refractivity contribution in [2.75, 3.05) is 19.7 Å². The van der Waals surface area contributed by atoms with Crippen LogP contribution in [0.5, 0.6) is 5.88 Å². The Bertz CT molecular complexity index is 534. The summed E-state index contributed by atoms with van der Waals surface area (Å²) in [6.07, 6.45) is 1.71. The lowest BCUT2D eigenvalue weighted by molar-refractivity contribution is -0.125. The number of aromatic nitrogens is 1. The molecule has 3 rings (SSSR count). The Morgan fingerprint density at radius 1 is 1.48 bits per heavy atom. The molecule has 3 atom stereocenters. The Morgan fingerprint density at radius 3 is 2.86 bits per heavy atom. The second kappa shape index (κ2) is 5.30. The summed E-state index contributed by atoms with van der Waals surface area (Å²) in [5, 5.41) is 6.43. The fourth-order valence-electron chi connectivity index (χ4n) is 3.13. The van der Waals surface area contributed by atoms with E-state index in [4.69, 9.17) is 4.74 Å². The number of amides is 1. The zero-order valence-corrected chi connectivity index (χ0v) is 12.8. The quantitative estimate of drug-likeness (QED) is 0.853. The normalized spacial score (nSPS) is 27.1. The minimum absolute atomic E-state index is 0.165. The lowest BCUT2D eigenvalue weighted by Crippen LogP contribution is -2.49. The zero-order valence-electron chi connectivity index (χ0n) is 12.8. The van der Waals surface area contributed by atoms with Gasteiger partial charge in [-0.25, -0.2) is 4.98 Å². The number of ether oxygens (including phenoxy) is 1. The van der Waals surface area contributed by atoms with Gasteiger partial charge in [-0.3, -0.25) is 4.79 Å². The summed E-state index contributed by atoms with van der Waals surface area (Å²) in [4.78, 5) is 16.5. The molecule has 1 aliphatic heterocycles. The molecule has 1 saturated carbocycles. The number of nitrogens with zero attached hydrogens (tertiary/aromatic N) is 1. The molecular formula is C16H23N3O2. The van der Waals surface area contributed by atoms with Crippen molar-refractivity contribution in [2.24, 2.45) is 17.8 Å². The smallest absolute Gasteiger partial charge is 0.224 e. The summed E-state index contributed by atoms with van der Waals surface area (Å²) >= 11 is 0. The summed E-state index contributed by atoms with van der Waals surface area (Å²) in [5.74, 6) is 2.08. The molecule has 1 saturated heterocycles. The van der Waals surface area contributed by atoms with Crippen molar-refractivity contribution in [2.45, 2.75) is 26.3 Å². The summed E-state index contributed by atoms with van der Waals surface area (Å²) in [5.41, 5.74) is 0.605. The van der Waals surface area contributed by atoms with Gasteiger partial charge in [-0.05, 0) is 51.8 Å². The number of hydrogen-bond donors (Lipinski definition) is 2. The first-order valence-corrected chi connectivity index (χ1v) is 7.55. The fourth-order valence-corrected chi connectivity index (χ4v) is 3.13. The van der Waals surface area contributed by atoms with Gasteiger partial charge < -0.3 is 15.4 Å². The van der Waals surface area contributed by atoms with Gasteiger partial charge in [0.05, 0.1) is 5.54 Å². The van der Waals surface area contributed by atoms with Crippen molar-refractivity contribution in [1.82, 2.24) is 15.6 Å². The Balaban J connectivity index is 1.52. The second-order valence-electron chi connectivity index (χ2n) is 6.80. The highest BCUT2D eigenvalue weighted by molar-refractivity contribution is 5.83. The average molecular weight is 289 g/mol. The highest BCUT2D eigenvalue weighted by atomic mass is 16.5. The molecule has 1 aromatic heterocycles. The van der Waals surface area contributed by atoms with Crippen molar-refractivity contribution < 1.29 is 9.53 Å². The number of carbonyl (C=O) groups excluding carboxylic acids is 1. The minimum atomic E-state index is -0.397. The summed E-state index contributed by atoms with van der Waals surface area (Å²) in [6.45, 7) is 8.31. The highest BCUT2D eigenvalue weighted by Gasteiger charge is 2.57. The molecule has 0 spiro atoms. The van der Waals surface area contributed by atoms with Gasteiger partial charge in [-0.1, -0.05) is 6.07 Å². The molecule has 0 aromatic carbocycles. The lowest BCUT2D eigenvalue weighted by Gasteiger charge is -2.26. The Labute approximate surface area is 125 Å². The third kappa shape index (κ3) is 3.02. The van der Waals surface area contributed by atoms with Crippen LogP contribution in [0.3, 0.4) is 0 Å². The van der Waals surface area contributed by atoms with Crippen LogP contribution >= 0.6 is 0 Å². The van der Waals surface area contributed by atoms with E-state index in [1.807, 2.05) is 32.9 Å². The molecule has 1 aliphatic carbocycles. The molecule has 5 nitrogen and oxygen atoms in total. The van der Waals surface area contributed by atoms with E-state index < -0.39 is 5.54 Å². The van der Waals surface area contributed by atoms with E-state index in [-0.39, 0.29) is 11.8 Å². The van der Waals surface area contributed by atoms with E-state index >= 15 is 0 Å². The van der Waals surface area contributed by atoms with Gasteiger partial charge in [-0.15, -0.1) is 0 Å². The Kier molecular flexibility index (Phi) is 3.61. The molecule has 1 aromatic rings. The number of rotatable bonds is 5. The molecule has 2 heterocycles. The van der Waals surface area contributed by atoms with Crippen LogP contribution in [0.4, 0.5) is 0 Å². The molecular weight excluding hydrogens is 266 g/mol. The molecule has 0 radical (unpaired) electrons. The average Bonchev–Trinajstić information content (AvgIpc) is 2.92. The highest BCUT2D eigenvalue weighted by Crippen LogP contribution is 2.48. The van der Waals surface area contributed by atoms with E-state index in [0.29, 0.717) is 24.3 Å². The second-order valence-corrected chi connectivity index (χ2v) is 6.80. The number of pyridine rings is 1. The van der Waals surface area contributed by atoms with Gasteiger partial charge >= 0.3 is 0 Å². The molecule has 5 heteroatoms. The van der Waals surface area contributed by atoms with Gasteiger partial charge in [0.15, 0.2) is 0 Å². The first-order valence-electron chi connectivity index (χ1n) is 7.55. The molecule has 21 heavy (non-hydrogen) atoms. The zero-order chi connectivity index (χ0) is 15.0. The van der Waals surface area contributed by atoms with E-state index in [1.54, 1.807) is 6.20 Å². The molecule has 114 valence electrons. The van der Waals surface area contributed by atoms with Crippen molar-refractivity contribution in [3.05, 3.63) is 23.9 Å². The minimum Gasteiger partial charge on any atom is -0.475 e. The van der Waals surface area contributed by atoms with Gasteiger partial charge in [-0.2, -0.15) is 0 Å². The Hall–Kier alpha value is -1.62. The molecule has 1 unspecified atom stereocenters. The number of nitrogens with one attached hydrogen (secondary N) is 2. The molecule has 0 bridgehead atoms. The number of hydrogen-bond acceptors (Lipinski definition) is 4. The van der Waals surface area contributed by atoms with Crippen molar-refractivity contribution in [3.63, 3.8) is 0 Å². The van der Waals surface area contributed by atoms with E-state index in [2.05, 4.69) is 15.6 Å². The number of piperidine rings is 1. The molecule has 2 aliphatic rings. The van der Waals surface area contributed by atoms with Gasteiger partial charge in [0.2, 0.25) is 11.8 Å². The number of aryl methyl sites for hydroxylation is 1. The molecule has 2 N–H and O–H groups in total. The lowest BCUT2D eigenvalue weighted by atomic mass is 10.1. The summed E-state index contributed by atoms with van der Waals surface area (Å²) in [6, 6.07) is 3.85. The van der Waals surface area contributed by atoms with Gasteiger partial charge in [0.25, 0.3) is 0 Å². The van der Waals surface area contributed by atoms with Crippen LogP contribution in [0.2, 0.25) is 0 Å². The fraction of sp³-hybridized carbons (Fsp3) is 0.625. The van der Waals surface area contributed by atoms with E-state index in [1.165, 1.54) is 0 Å². The monoisotopic (exact) mass is 289 g/mol. The van der Waals surface area contributed by atoms with Crippen LogP contribution in [0.15, 0.2) is 18.3 Å². The summed E-state index contributed by atoms with van der Waals surface area (Å²) in [7, 11) is 0. The molecule has 2 fully saturated rings. The van der Waals surface area contributed by atoms with Crippen LogP contribution in [-0.2, 0) is 4.79 Å². The molecule has 1 amide bonds. The van der Waals surface area contributed by atoms with Crippen LogP contribution in [-0.4, -0.2) is 36.1 Å². The maximum Gasteiger partial charge on any atom is 0.224 e. The van der Waals surface area contributed by atoms with Gasteiger partial charge in [0.1, 0.15) is 6.61 Å². The van der Waals surface area contributed by atoms with Crippen LogP contribution < -0.4 is 15.4 Å². The maximum absolute atomic E-state index is 12.3. The number of fused-ring (bicyclic) bond motifs is 1. The Morgan fingerprint density at radius 2 is 2.19 bits per heavy atom. The topological polar surface area (TPSA) is 63.2 Å². The van der Waals surface area contributed by atoms with Crippen LogP contribution in [0, 0.1) is 24.7 Å². The third-order valence-electron chi connectivity index (χ3n) is 4.39. The first-order chi connectivity index (χ1) is 9.98. The van der Waals surface area contributed by atoms with Gasteiger partial charge in [0, 0.05) is 17.7 Å².